The zero-order valence-corrected chi connectivity index (χ0v) is 18.9. The van der Waals surface area contributed by atoms with E-state index in [-0.39, 0.29) is 11.9 Å². The van der Waals surface area contributed by atoms with Crippen LogP contribution in [0.5, 0.6) is 5.75 Å². The number of methoxy groups -OCH3 is 1. The first-order chi connectivity index (χ1) is 15.6. The summed E-state index contributed by atoms with van der Waals surface area (Å²) < 4.78 is 5.26. The second-order valence-corrected chi connectivity index (χ2v) is 8.30. The first-order valence-electron chi connectivity index (χ1n) is 11.2. The molecular weight excluding hydrogens is 400 g/mol. The van der Waals surface area contributed by atoms with Gasteiger partial charge in [-0.3, -0.25) is 4.79 Å². The molecule has 4 rings (SSSR count). The van der Waals surface area contributed by atoms with E-state index in [1.165, 1.54) is 6.42 Å². The fourth-order valence-electron chi connectivity index (χ4n) is 4.14. The second kappa shape index (κ2) is 9.81. The van der Waals surface area contributed by atoms with Gasteiger partial charge in [-0.25, -0.2) is 9.97 Å². The van der Waals surface area contributed by atoms with Gasteiger partial charge in [-0.05, 0) is 62.9 Å². The Hall–Kier alpha value is -3.41. The van der Waals surface area contributed by atoms with Crippen molar-refractivity contribution in [3.63, 3.8) is 0 Å². The number of rotatable bonds is 6. The lowest BCUT2D eigenvalue weighted by Gasteiger charge is -2.35. The van der Waals surface area contributed by atoms with Crippen molar-refractivity contribution in [3.8, 4) is 17.1 Å². The first kappa shape index (κ1) is 21.8. The van der Waals surface area contributed by atoms with Gasteiger partial charge in [-0.1, -0.05) is 30.3 Å². The molecule has 3 aromatic rings. The van der Waals surface area contributed by atoms with Crippen molar-refractivity contribution in [3.05, 3.63) is 71.9 Å². The number of anilines is 1. The van der Waals surface area contributed by atoms with E-state index in [0.717, 1.165) is 36.3 Å². The summed E-state index contributed by atoms with van der Waals surface area (Å²) in [5, 5.41) is 3.12. The molecule has 1 aromatic heterocycles. The molecule has 2 aromatic carbocycles. The average Bonchev–Trinajstić information content (AvgIpc) is 2.84. The smallest absolute Gasteiger partial charge is 0.257 e. The number of aromatic nitrogens is 2. The van der Waals surface area contributed by atoms with Crippen molar-refractivity contribution in [2.75, 3.05) is 18.6 Å². The Kier molecular flexibility index (Phi) is 6.69. The first-order valence-corrected chi connectivity index (χ1v) is 11.2. The Balaban J connectivity index is 1.67. The molecule has 6 nitrogen and oxygen atoms in total. The van der Waals surface area contributed by atoms with Crippen molar-refractivity contribution in [2.45, 2.75) is 45.2 Å². The second-order valence-electron chi connectivity index (χ2n) is 8.30. The molecule has 0 bridgehead atoms. The molecule has 0 aliphatic carbocycles. The predicted molar refractivity (Wildman–Crippen MR) is 127 cm³/mol. The van der Waals surface area contributed by atoms with Gasteiger partial charge < -0.3 is 15.0 Å². The molecule has 1 amide bonds. The van der Waals surface area contributed by atoms with Crippen molar-refractivity contribution < 1.29 is 9.53 Å². The van der Waals surface area contributed by atoms with Crippen LogP contribution in [0.25, 0.3) is 11.4 Å². The van der Waals surface area contributed by atoms with Gasteiger partial charge in [0.05, 0.1) is 13.2 Å². The number of hydrogen-bond donors (Lipinski definition) is 1. The summed E-state index contributed by atoms with van der Waals surface area (Å²) in [7, 11) is 1.64. The fourth-order valence-corrected chi connectivity index (χ4v) is 4.14. The lowest BCUT2D eigenvalue weighted by molar-refractivity contribution is 0.0939. The molecule has 1 fully saturated rings. The van der Waals surface area contributed by atoms with Crippen LogP contribution in [0, 0.1) is 0 Å². The number of nitrogens with one attached hydrogen (secondary N) is 1. The van der Waals surface area contributed by atoms with Gasteiger partial charge in [0.2, 0.25) is 0 Å². The summed E-state index contributed by atoms with van der Waals surface area (Å²) in [5.74, 6) is 1.93. The predicted octanol–water partition coefficient (Wildman–Crippen LogP) is 5.02. The zero-order chi connectivity index (χ0) is 22.5. The minimum absolute atomic E-state index is 0.114. The summed E-state index contributed by atoms with van der Waals surface area (Å²) in [5.41, 5.74) is 2.46. The van der Waals surface area contributed by atoms with Gasteiger partial charge in [-0.15, -0.1) is 0 Å². The van der Waals surface area contributed by atoms with E-state index in [9.17, 15) is 4.79 Å². The molecule has 1 saturated heterocycles. The minimum atomic E-state index is -0.157. The lowest BCUT2D eigenvalue weighted by atomic mass is 10.0. The number of benzene rings is 2. The molecular formula is C26H30N4O2. The summed E-state index contributed by atoms with van der Waals surface area (Å²) in [6, 6.07) is 17.8. The number of carbonyl (C=O) groups excluding carboxylic acids is 1. The van der Waals surface area contributed by atoms with Crippen molar-refractivity contribution in [1.29, 1.82) is 0 Å². The molecule has 0 unspecified atom stereocenters. The highest BCUT2D eigenvalue weighted by molar-refractivity contribution is 5.99. The van der Waals surface area contributed by atoms with Gasteiger partial charge in [0.15, 0.2) is 5.82 Å². The van der Waals surface area contributed by atoms with Crippen LogP contribution in [0.1, 0.15) is 55.1 Å². The average molecular weight is 431 g/mol. The molecule has 0 spiro atoms. The third-order valence-electron chi connectivity index (χ3n) is 6.08. The maximum Gasteiger partial charge on any atom is 0.257 e. The monoisotopic (exact) mass is 430 g/mol. The highest BCUT2D eigenvalue weighted by Gasteiger charge is 2.26. The normalized spacial score (nSPS) is 17.0. The summed E-state index contributed by atoms with van der Waals surface area (Å²) in [6.45, 7) is 5.07. The van der Waals surface area contributed by atoms with E-state index < -0.39 is 0 Å². The zero-order valence-electron chi connectivity index (χ0n) is 18.9. The molecule has 1 N–H and O–H groups in total. The Morgan fingerprint density at radius 1 is 1.12 bits per heavy atom. The summed E-state index contributed by atoms with van der Waals surface area (Å²) in [4.78, 5) is 25.0. The third kappa shape index (κ3) is 4.74. The van der Waals surface area contributed by atoms with E-state index in [1.54, 1.807) is 13.3 Å². The van der Waals surface area contributed by atoms with Crippen molar-refractivity contribution >= 4 is 11.7 Å². The van der Waals surface area contributed by atoms with Crippen LogP contribution in [-0.4, -0.2) is 35.6 Å². The quantitative estimate of drug-likeness (QED) is 0.595. The Labute approximate surface area is 189 Å². The van der Waals surface area contributed by atoms with Gasteiger partial charge in [0.1, 0.15) is 17.1 Å². The molecule has 2 atom stereocenters. The van der Waals surface area contributed by atoms with Crippen LogP contribution < -0.4 is 15.0 Å². The van der Waals surface area contributed by atoms with Gasteiger partial charge in [-0.2, -0.15) is 0 Å². The van der Waals surface area contributed by atoms with Crippen LogP contribution in [0.3, 0.4) is 0 Å². The summed E-state index contributed by atoms with van der Waals surface area (Å²) >= 11 is 0. The number of piperidine rings is 1. The SMILES string of the molecule is COc1ccc(-c2ncc(C(=O)N[C@H](C)c3ccccc3)c(N3CCCC[C@@H]3C)n2)cc1. The summed E-state index contributed by atoms with van der Waals surface area (Å²) in [6.07, 6.45) is 5.04. The molecule has 1 aliphatic heterocycles. The number of nitrogens with zero attached hydrogens (tertiary/aromatic N) is 3. The van der Waals surface area contributed by atoms with E-state index in [0.29, 0.717) is 23.2 Å². The largest absolute Gasteiger partial charge is 0.497 e. The van der Waals surface area contributed by atoms with Crippen LogP contribution in [0.4, 0.5) is 5.82 Å². The van der Waals surface area contributed by atoms with E-state index in [1.807, 2.05) is 61.5 Å². The number of ether oxygens (including phenoxy) is 1. The number of amides is 1. The van der Waals surface area contributed by atoms with Crippen LogP contribution in [0.15, 0.2) is 60.8 Å². The Morgan fingerprint density at radius 3 is 2.56 bits per heavy atom. The number of carbonyl (C=O) groups is 1. The van der Waals surface area contributed by atoms with E-state index in [2.05, 4.69) is 22.1 Å². The van der Waals surface area contributed by atoms with E-state index >= 15 is 0 Å². The fraction of sp³-hybridized carbons (Fsp3) is 0.346. The molecule has 1 aliphatic rings. The molecule has 6 heteroatoms. The standard InChI is InChI=1S/C26H30N4O2/c1-18-9-7-8-16-30(18)25-23(26(31)28-19(2)20-10-5-4-6-11-20)17-27-24(29-25)21-12-14-22(32-3)15-13-21/h4-6,10-15,17-19H,7-9,16H2,1-3H3,(H,28,31)/t18-,19+/m0/s1. The third-order valence-corrected chi connectivity index (χ3v) is 6.08. The Morgan fingerprint density at radius 2 is 1.88 bits per heavy atom. The highest BCUT2D eigenvalue weighted by Crippen LogP contribution is 2.29. The van der Waals surface area contributed by atoms with Crippen molar-refractivity contribution in [2.24, 2.45) is 0 Å². The van der Waals surface area contributed by atoms with Crippen LogP contribution in [-0.2, 0) is 0 Å². The molecule has 32 heavy (non-hydrogen) atoms. The Bertz CT molecular complexity index is 1050. The topological polar surface area (TPSA) is 67.3 Å². The maximum absolute atomic E-state index is 13.3. The van der Waals surface area contributed by atoms with Gasteiger partial charge in [0, 0.05) is 24.3 Å². The lowest BCUT2D eigenvalue weighted by Crippen LogP contribution is -2.40. The maximum atomic E-state index is 13.3. The number of hydrogen-bond acceptors (Lipinski definition) is 5. The molecule has 0 radical (unpaired) electrons. The molecule has 2 heterocycles. The van der Waals surface area contributed by atoms with E-state index in [4.69, 9.17) is 9.72 Å². The van der Waals surface area contributed by atoms with Gasteiger partial charge in [0.25, 0.3) is 5.91 Å². The van der Waals surface area contributed by atoms with Crippen LogP contribution in [0.2, 0.25) is 0 Å². The molecule has 166 valence electrons. The van der Waals surface area contributed by atoms with Gasteiger partial charge >= 0.3 is 0 Å². The van der Waals surface area contributed by atoms with Crippen molar-refractivity contribution in [1.82, 2.24) is 15.3 Å². The minimum Gasteiger partial charge on any atom is -0.497 e. The highest BCUT2D eigenvalue weighted by atomic mass is 16.5. The van der Waals surface area contributed by atoms with Crippen LogP contribution >= 0.6 is 0 Å². The molecule has 0 saturated carbocycles.